The number of fused-ring (bicyclic) bond motifs is 2. The molecule has 0 aliphatic heterocycles. The summed E-state index contributed by atoms with van der Waals surface area (Å²) in [6.45, 7) is 1.88. The first-order chi connectivity index (χ1) is 5.62. The third-order valence-electron chi connectivity index (χ3n) is 3.64. The third-order valence-corrected chi connectivity index (χ3v) is 3.64. The van der Waals surface area contributed by atoms with E-state index in [1.54, 1.807) is 0 Å². The topological polar surface area (TPSA) is 37.3 Å². The molecule has 2 aliphatic carbocycles. The number of carbonyl (C=O) groups excluding carboxylic acids is 1. The maximum absolute atomic E-state index is 11.5. The Balaban J connectivity index is 2.23. The molecule has 3 atom stereocenters. The van der Waals surface area contributed by atoms with Gasteiger partial charge < -0.3 is 5.11 Å². The molecular formula is C10H16O2. The summed E-state index contributed by atoms with van der Waals surface area (Å²) < 4.78 is 0. The van der Waals surface area contributed by atoms with E-state index in [1.165, 1.54) is 0 Å². The van der Waals surface area contributed by atoms with E-state index in [-0.39, 0.29) is 11.7 Å². The van der Waals surface area contributed by atoms with Gasteiger partial charge in [0.05, 0.1) is 5.60 Å². The monoisotopic (exact) mass is 168 g/mol. The average molecular weight is 168 g/mol. The Morgan fingerprint density at radius 3 is 3.08 bits per heavy atom. The molecule has 68 valence electrons. The van der Waals surface area contributed by atoms with Crippen molar-refractivity contribution in [2.75, 3.05) is 0 Å². The van der Waals surface area contributed by atoms with Crippen LogP contribution in [0.15, 0.2) is 0 Å². The number of hydrogen-bond acceptors (Lipinski definition) is 2. The van der Waals surface area contributed by atoms with Crippen LogP contribution in [-0.2, 0) is 4.79 Å². The molecular weight excluding hydrogens is 152 g/mol. The van der Waals surface area contributed by atoms with Crippen LogP contribution < -0.4 is 0 Å². The van der Waals surface area contributed by atoms with E-state index in [9.17, 15) is 9.90 Å². The van der Waals surface area contributed by atoms with Gasteiger partial charge >= 0.3 is 0 Å². The second kappa shape index (κ2) is 2.56. The van der Waals surface area contributed by atoms with Gasteiger partial charge in [0.2, 0.25) is 0 Å². The maximum Gasteiger partial charge on any atom is 0.138 e. The van der Waals surface area contributed by atoms with Gasteiger partial charge in [0, 0.05) is 12.3 Å². The minimum atomic E-state index is -0.641. The molecule has 2 rings (SSSR count). The summed E-state index contributed by atoms with van der Waals surface area (Å²) >= 11 is 0. The molecule has 0 heterocycles. The lowest BCUT2D eigenvalue weighted by Gasteiger charge is -2.44. The van der Waals surface area contributed by atoms with Gasteiger partial charge in [-0.25, -0.2) is 0 Å². The highest BCUT2D eigenvalue weighted by atomic mass is 16.3. The minimum Gasteiger partial charge on any atom is -0.389 e. The van der Waals surface area contributed by atoms with E-state index in [2.05, 4.69) is 0 Å². The molecule has 12 heavy (non-hydrogen) atoms. The van der Waals surface area contributed by atoms with Gasteiger partial charge in [0.25, 0.3) is 0 Å². The number of hydrogen-bond donors (Lipinski definition) is 1. The fourth-order valence-corrected chi connectivity index (χ4v) is 2.73. The summed E-state index contributed by atoms with van der Waals surface area (Å²) in [7, 11) is 0. The number of carbonyl (C=O) groups is 1. The molecule has 0 unspecified atom stereocenters. The van der Waals surface area contributed by atoms with Crippen molar-refractivity contribution in [2.24, 2.45) is 11.8 Å². The van der Waals surface area contributed by atoms with E-state index in [4.69, 9.17) is 0 Å². The number of rotatable bonds is 0. The zero-order valence-electron chi connectivity index (χ0n) is 7.55. The lowest BCUT2D eigenvalue weighted by molar-refractivity contribution is -0.146. The fourth-order valence-electron chi connectivity index (χ4n) is 2.73. The summed E-state index contributed by atoms with van der Waals surface area (Å²) in [6, 6.07) is 0. The van der Waals surface area contributed by atoms with Crippen molar-refractivity contribution in [3.8, 4) is 0 Å². The van der Waals surface area contributed by atoms with Crippen LogP contribution in [-0.4, -0.2) is 16.5 Å². The second-order valence-electron chi connectivity index (χ2n) is 4.46. The Labute approximate surface area is 73.0 Å². The van der Waals surface area contributed by atoms with E-state index in [1.807, 2.05) is 6.92 Å². The molecule has 0 aromatic heterocycles. The summed E-state index contributed by atoms with van der Waals surface area (Å²) in [6.07, 6.45) is 4.64. The average Bonchev–Trinajstić information content (AvgIpc) is 2.01. The molecule has 0 spiro atoms. The maximum atomic E-state index is 11.5. The minimum absolute atomic E-state index is 0.117. The molecule has 0 aromatic carbocycles. The largest absolute Gasteiger partial charge is 0.389 e. The fraction of sp³-hybridized carbons (Fsp3) is 0.900. The standard InChI is InChI=1S/C10H16O2/c1-7-9(11)5-8-3-2-4-10(7,12)6-8/h7-8,12H,2-6H2,1H3/t7-,8+,10-/m0/s1. The highest BCUT2D eigenvalue weighted by Crippen LogP contribution is 2.44. The van der Waals surface area contributed by atoms with Crippen molar-refractivity contribution < 1.29 is 9.90 Å². The quantitative estimate of drug-likeness (QED) is 0.595. The second-order valence-corrected chi connectivity index (χ2v) is 4.46. The van der Waals surface area contributed by atoms with Crippen molar-refractivity contribution in [2.45, 2.75) is 44.6 Å². The van der Waals surface area contributed by atoms with E-state index in [0.717, 1.165) is 25.7 Å². The molecule has 1 N–H and O–H groups in total. The van der Waals surface area contributed by atoms with Crippen LogP contribution in [0.2, 0.25) is 0 Å². The summed E-state index contributed by atoms with van der Waals surface area (Å²) in [4.78, 5) is 11.5. The predicted molar refractivity (Wildman–Crippen MR) is 45.7 cm³/mol. The first-order valence-electron chi connectivity index (χ1n) is 4.87. The lowest BCUT2D eigenvalue weighted by atomic mass is 9.64. The van der Waals surface area contributed by atoms with Gasteiger partial charge in [-0.3, -0.25) is 4.79 Å². The molecule has 2 heteroatoms. The first kappa shape index (κ1) is 8.24. The van der Waals surface area contributed by atoms with Gasteiger partial charge in [0.1, 0.15) is 5.78 Å². The van der Waals surface area contributed by atoms with Gasteiger partial charge in [-0.2, -0.15) is 0 Å². The molecule has 2 fully saturated rings. The normalized spacial score (nSPS) is 47.7. The van der Waals surface area contributed by atoms with Crippen LogP contribution in [0.4, 0.5) is 0 Å². The van der Waals surface area contributed by atoms with Gasteiger partial charge in [-0.1, -0.05) is 13.3 Å². The van der Waals surface area contributed by atoms with Crippen LogP contribution >= 0.6 is 0 Å². The third kappa shape index (κ3) is 1.09. The zero-order valence-corrected chi connectivity index (χ0v) is 7.55. The SMILES string of the molecule is C[C@H]1C(=O)C[C@H]2CCC[C@]1(O)C2. The van der Waals surface area contributed by atoms with Gasteiger partial charge in [0.15, 0.2) is 0 Å². The molecule has 2 nitrogen and oxygen atoms in total. The van der Waals surface area contributed by atoms with E-state index < -0.39 is 5.60 Å². The summed E-state index contributed by atoms with van der Waals surface area (Å²) in [5.41, 5.74) is -0.641. The molecule has 2 bridgehead atoms. The van der Waals surface area contributed by atoms with Gasteiger partial charge in [-0.15, -0.1) is 0 Å². The molecule has 0 aromatic rings. The number of Topliss-reactive ketones (excluding diaryl/α,β-unsaturated/α-hetero) is 1. The first-order valence-corrected chi connectivity index (χ1v) is 4.87. The zero-order chi connectivity index (χ0) is 8.77. The van der Waals surface area contributed by atoms with Crippen LogP contribution in [0.1, 0.15) is 39.0 Å². The van der Waals surface area contributed by atoms with Crippen molar-refractivity contribution in [3.63, 3.8) is 0 Å². The Morgan fingerprint density at radius 1 is 1.58 bits per heavy atom. The molecule has 0 radical (unpaired) electrons. The van der Waals surface area contributed by atoms with Crippen LogP contribution in [0, 0.1) is 11.8 Å². The Morgan fingerprint density at radius 2 is 2.33 bits per heavy atom. The van der Waals surface area contributed by atoms with Gasteiger partial charge in [-0.05, 0) is 25.2 Å². The molecule has 2 aliphatic rings. The molecule has 0 saturated heterocycles. The lowest BCUT2D eigenvalue weighted by Crippen LogP contribution is -2.49. The van der Waals surface area contributed by atoms with Crippen LogP contribution in [0.3, 0.4) is 0 Å². The number of aliphatic hydroxyl groups is 1. The Kier molecular flexibility index (Phi) is 1.76. The van der Waals surface area contributed by atoms with E-state index >= 15 is 0 Å². The number of ketones is 1. The molecule has 2 saturated carbocycles. The Hall–Kier alpha value is -0.370. The highest BCUT2D eigenvalue weighted by Gasteiger charge is 2.46. The van der Waals surface area contributed by atoms with Crippen molar-refractivity contribution >= 4 is 5.78 Å². The smallest absolute Gasteiger partial charge is 0.138 e. The van der Waals surface area contributed by atoms with Crippen molar-refractivity contribution in [1.82, 2.24) is 0 Å². The Bertz CT molecular complexity index is 212. The van der Waals surface area contributed by atoms with Crippen molar-refractivity contribution in [1.29, 1.82) is 0 Å². The predicted octanol–water partition coefficient (Wildman–Crippen LogP) is 1.52. The van der Waals surface area contributed by atoms with Crippen molar-refractivity contribution in [3.05, 3.63) is 0 Å². The van der Waals surface area contributed by atoms with Crippen LogP contribution in [0.5, 0.6) is 0 Å². The van der Waals surface area contributed by atoms with E-state index in [0.29, 0.717) is 12.3 Å². The molecule has 0 amide bonds. The summed E-state index contributed by atoms with van der Waals surface area (Å²) in [5.74, 6) is 0.634. The highest BCUT2D eigenvalue weighted by molar-refractivity contribution is 5.83. The van der Waals surface area contributed by atoms with Crippen LogP contribution in [0.25, 0.3) is 0 Å². The summed E-state index contributed by atoms with van der Waals surface area (Å²) in [5, 5.41) is 10.1.